The van der Waals surface area contributed by atoms with Crippen LogP contribution in [0, 0.1) is 5.92 Å². The normalized spacial score (nSPS) is 11.8. The Morgan fingerprint density at radius 2 is 2.05 bits per heavy atom. The summed E-state index contributed by atoms with van der Waals surface area (Å²) in [7, 11) is 3.14. The highest BCUT2D eigenvalue weighted by Gasteiger charge is 2.21. The molecule has 1 N–H and O–H groups in total. The number of pyridine rings is 1. The number of rotatable bonds is 4. The lowest BCUT2D eigenvalue weighted by molar-refractivity contribution is -0.124. The fourth-order valence-electron chi connectivity index (χ4n) is 1.57. The van der Waals surface area contributed by atoms with Gasteiger partial charge in [-0.25, -0.2) is 4.98 Å². The highest BCUT2D eigenvalue weighted by atomic mass is 35.5. The van der Waals surface area contributed by atoms with E-state index >= 15 is 0 Å². The fourth-order valence-corrected chi connectivity index (χ4v) is 1.91. The predicted octanol–water partition coefficient (Wildman–Crippen LogP) is 1.84. The molecule has 0 aromatic carbocycles. The van der Waals surface area contributed by atoms with Gasteiger partial charge in [-0.2, -0.15) is 0 Å². The van der Waals surface area contributed by atoms with E-state index in [-0.39, 0.29) is 40.1 Å². The molecule has 1 rings (SSSR count). The quantitative estimate of drug-likeness (QED) is 0.863. The molecule has 19 heavy (non-hydrogen) atoms. The molecule has 104 valence electrons. The van der Waals surface area contributed by atoms with Crippen LogP contribution in [0.3, 0.4) is 0 Å². The molecule has 0 radical (unpaired) electrons. The second-order valence-corrected chi connectivity index (χ2v) is 4.96. The maximum absolute atomic E-state index is 12.2. The van der Waals surface area contributed by atoms with Crippen LogP contribution in [-0.2, 0) is 4.79 Å². The molecular formula is C12H15Cl2N3O2. The maximum atomic E-state index is 12.2. The molecule has 0 bridgehead atoms. The number of carbonyl (C=O) groups is 2. The Bertz CT molecular complexity index is 494. The second kappa shape index (κ2) is 6.73. The molecule has 1 heterocycles. The molecule has 1 atom stereocenters. The van der Waals surface area contributed by atoms with Gasteiger partial charge in [0.05, 0.1) is 10.9 Å². The lowest BCUT2D eigenvalue weighted by atomic mass is 10.1. The van der Waals surface area contributed by atoms with Crippen LogP contribution < -0.4 is 5.32 Å². The van der Waals surface area contributed by atoms with Crippen molar-refractivity contribution in [1.82, 2.24) is 15.2 Å². The van der Waals surface area contributed by atoms with Crippen molar-refractivity contribution >= 4 is 35.0 Å². The van der Waals surface area contributed by atoms with Gasteiger partial charge in [0.25, 0.3) is 5.91 Å². The van der Waals surface area contributed by atoms with Crippen molar-refractivity contribution in [3.63, 3.8) is 0 Å². The first-order valence-corrected chi connectivity index (χ1v) is 6.41. The first-order valence-electron chi connectivity index (χ1n) is 5.66. The van der Waals surface area contributed by atoms with Gasteiger partial charge in [-0.05, 0) is 12.1 Å². The van der Waals surface area contributed by atoms with Crippen molar-refractivity contribution in [2.24, 2.45) is 5.92 Å². The predicted molar refractivity (Wildman–Crippen MR) is 74.4 cm³/mol. The number of nitrogens with one attached hydrogen (secondary N) is 1. The summed E-state index contributed by atoms with van der Waals surface area (Å²) in [6.45, 7) is 2.00. The van der Waals surface area contributed by atoms with E-state index in [1.54, 1.807) is 21.0 Å². The SMILES string of the molecule is CNC(=O)C(C)CN(C)C(=O)c1nc(Cl)ccc1Cl. The van der Waals surface area contributed by atoms with E-state index in [2.05, 4.69) is 10.3 Å². The summed E-state index contributed by atoms with van der Waals surface area (Å²) < 4.78 is 0. The first kappa shape index (κ1) is 15.7. The van der Waals surface area contributed by atoms with Crippen LogP contribution in [0.15, 0.2) is 12.1 Å². The van der Waals surface area contributed by atoms with Crippen LogP contribution >= 0.6 is 23.2 Å². The van der Waals surface area contributed by atoms with E-state index in [0.29, 0.717) is 0 Å². The van der Waals surface area contributed by atoms with Gasteiger partial charge in [0.2, 0.25) is 5.91 Å². The highest BCUT2D eigenvalue weighted by molar-refractivity contribution is 6.34. The topological polar surface area (TPSA) is 62.3 Å². The zero-order chi connectivity index (χ0) is 14.6. The van der Waals surface area contributed by atoms with Crippen molar-refractivity contribution in [3.05, 3.63) is 28.0 Å². The van der Waals surface area contributed by atoms with Crippen LogP contribution in [0.4, 0.5) is 0 Å². The summed E-state index contributed by atoms with van der Waals surface area (Å²) in [4.78, 5) is 28.9. The molecule has 1 aromatic heterocycles. The van der Waals surface area contributed by atoms with Crippen molar-refractivity contribution in [2.45, 2.75) is 6.92 Å². The van der Waals surface area contributed by atoms with Crippen molar-refractivity contribution in [2.75, 3.05) is 20.6 Å². The largest absolute Gasteiger partial charge is 0.359 e. The molecule has 1 unspecified atom stereocenters. The van der Waals surface area contributed by atoms with Gasteiger partial charge in [-0.1, -0.05) is 30.1 Å². The van der Waals surface area contributed by atoms with Gasteiger partial charge in [0.1, 0.15) is 10.8 Å². The molecule has 0 aliphatic rings. The number of aromatic nitrogens is 1. The van der Waals surface area contributed by atoms with E-state index in [0.717, 1.165) is 0 Å². The fraction of sp³-hybridized carbons (Fsp3) is 0.417. The van der Waals surface area contributed by atoms with Gasteiger partial charge in [-0.15, -0.1) is 0 Å². The molecule has 0 spiro atoms. The number of halogens is 2. The molecule has 0 saturated carbocycles. The third kappa shape index (κ3) is 4.08. The third-order valence-electron chi connectivity index (χ3n) is 2.60. The van der Waals surface area contributed by atoms with Crippen LogP contribution in [0.1, 0.15) is 17.4 Å². The van der Waals surface area contributed by atoms with Crippen LogP contribution in [-0.4, -0.2) is 42.3 Å². The van der Waals surface area contributed by atoms with Gasteiger partial charge in [0, 0.05) is 20.6 Å². The minimum atomic E-state index is -0.372. The maximum Gasteiger partial charge on any atom is 0.273 e. The van der Waals surface area contributed by atoms with E-state index in [4.69, 9.17) is 23.2 Å². The summed E-state index contributed by atoms with van der Waals surface area (Å²) in [5.41, 5.74) is 0.0840. The Kier molecular flexibility index (Phi) is 5.57. The molecule has 7 heteroatoms. The number of nitrogens with zero attached hydrogens (tertiary/aromatic N) is 2. The lowest BCUT2D eigenvalue weighted by Crippen LogP contribution is -2.37. The van der Waals surface area contributed by atoms with Crippen LogP contribution in [0.25, 0.3) is 0 Å². The number of hydrogen-bond donors (Lipinski definition) is 1. The minimum absolute atomic E-state index is 0.0840. The Morgan fingerprint density at radius 1 is 1.42 bits per heavy atom. The van der Waals surface area contributed by atoms with E-state index in [9.17, 15) is 9.59 Å². The highest BCUT2D eigenvalue weighted by Crippen LogP contribution is 2.18. The summed E-state index contributed by atoms with van der Waals surface area (Å²) in [5.74, 6) is -0.829. The van der Waals surface area contributed by atoms with Crippen LogP contribution in [0.2, 0.25) is 10.2 Å². The molecule has 0 fully saturated rings. The van der Waals surface area contributed by atoms with Crippen molar-refractivity contribution in [3.8, 4) is 0 Å². The van der Waals surface area contributed by atoms with Gasteiger partial charge in [-0.3, -0.25) is 9.59 Å². The van der Waals surface area contributed by atoms with E-state index in [1.807, 2.05) is 0 Å². The number of amides is 2. The second-order valence-electron chi connectivity index (χ2n) is 4.17. The average Bonchev–Trinajstić information content (AvgIpc) is 2.39. The third-order valence-corrected chi connectivity index (χ3v) is 3.12. The van der Waals surface area contributed by atoms with Gasteiger partial charge >= 0.3 is 0 Å². The molecule has 2 amide bonds. The molecule has 1 aromatic rings. The summed E-state index contributed by atoms with van der Waals surface area (Å²) >= 11 is 11.7. The average molecular weight is 304 g/mol. The van der Waals surface area contributed by atoms with Gasteiger partial charge in [0.15, 0.2) is 0 Å². The Labute approximate surface area is 121 Å². The summed E-state index contributed by atoms with van der Waals surface area (Å²) in [6.07, 6.45) is 0. The molecule has 0 aliphatic carbocycles. The zero-order valence-corrected chi connectivity index (χ0v) is 12.4. The molecule has 0 aliphatic heterocycles. The van der Waals surface area contributed by atoms with E-state index < -0.39 is 0 Å². The summed E-state index contributed by atoms with van der Waals surface area (Å²) in [5, 5.41) is 2.95. The lowest BCUT2D eigenvalue weighted by Gasteiger charge is -2.20. The zero-order valence-electron chi connectivity index (χ0n) is 10.9. The molecule has 5 nitrogen and oxygen atoms in total. The van der Waals surface area contributed by atoms with Gasteiger partial charge < -0.3 is 10.2 Å². The Morgan fingerprint density at radius 3 is 2.63 bits per heavy atom. The molecule has 0 saturated heterocycles. The van der Waals surface area contributed by atoms with Crippen molar-refractivity contribution in [1.29, 1.82) is 0 Å². The number of hydrogen-bond acceptors (Lipinski definition) is 3. The Hall–Kier alpha value is -1.33. The number of carbonyl (C=O) groups excluding carboxylic acids is 2. The van der Waals surface area contributed by atoms with E-state index in [1.165, 1.54) is 17.0 Å². The van der Waals surface area contributed by atoms with Crippen molar-refractivity contribution < 1.29 is 9.59 Å². The minimum Gasteiger partial charge on any atom is -0.359 e. The first-order chi connectivity index (χ1) is 8.86. The standard InChI is InChI=1S/C12H15Cl2N3O2/c1-7(11(18)15-2)6-17(3)12(19)10-8(13)4-5-9(14)16-10/h4-5,7H,6H2,1-3H3,(H,15,18). The monoisotopic (exact) mass is 303 g/mol. The smallest absolute Gasteiger partial charge is 0.273 e. The molecular weight excluding hydrogens is 289 g/mol. The summed E-state index contributed by atoms with van der Waals surface area (Å²) in [6, 6.07) is 3.02. The Balaban J connectivity index is 2.82. The van der Waals surface area contributed by atoms with Crippen LogP contribution in [0.5, 0.6) is 0 Å².